The van der Waals surface area contributed by atoms with Crippen LogP contribution < -0.4 is 9.47 Å². The van der Waals surface area contributed by atoms with Crippen LogP contribution in [0.2, 0.25) is 0 Å². The second-order valence-corrected chi connectivity index (χ2v) is 6.55. The Morgan fingerprint density at radius 1 is 1.11 bits per heavy atom. The molecule has 3 aromatic rings. The van der Waals surface area contributed by atoms with Gasteiger partial charge < -0.3 is 18.9 Å². The Morgan fingerprint density at radius 3 is 2.64 bits per heavy atom. The highest BCUT2D eigenvalue weighted by Crippen LogP contribution is 2.35. The molecule has 1 aromatic heterocycles. The molecule has 144 valence electrons. The number of carbonyl (C=O) groups is 1. The Bertz CT molecular complexity index is 971. The number of carbonyl (C=O) groups excluding carboxylic acids is 1. The smallest absolute Gasteiger partial charge is 0.254 e. The van der Waals surface area contributed by atoms with E-state index < -0.39 is 0 Å². The molecule has 0 radical (unpaired) electrons. The Hall–Kier alpha value is -3.35. The van der Waals surface area contributed by atoms with Gasteiger partial charge >= 0.3 is 0 Å². The van der Waals surface area contributed by atoms with E-state index in [-0.39, 0.29) is 11.9 Å². The summed E-state index contributed by atoms with van der Waals surface area (Å²) in [5, 5.41) is 4.11. The van der Waals surface area contributed by atoms with Crippen LogP contribution in [-0.4, -0.2) is 41.7 Å². The number of likely N-dealkylation sites (tertiary alicyclic amines) is 1. The minimum Gasteiger partial charge on any atom is -0.493 e. The Kier molecular flexibility index (Phi) is 4.97. The number of amides is 1. The highest BCUT2D eigenvalue weighted by atomic mass is 16.5. The first-order valence-electron chi connectivity index (χ1n) is 9.13. The second-order valence-electron chi connectivity index (χ2n) is 6.55. The molecule has 0 N–H and O–H groups in total. The lowest BCUT2D eigenvalue weighted by Crippen LogP contribution is -2.30. The van der Waals surface area contributed by atoms with Gasteiger partial charge in [0.25, 0.3) is 5.91 Å². The maximum Gasteiger partial charge on any atom is 0.254 e. The van der Waals surface area contributed by atoms with Crippen LogP contribution in [0.25, 0.3) is 11.4 Å². The summed E-state index contributed by atoms with van der Waals surface area (Å²) in [6, 6.07) is 14.5. The summed E-state index contributed by atoms with van der Waals surface area (Å²) in [6.45, 7) is 0.673. The van der Waals surface area contributed by atoms with Gasteiger partial charge in [-0.15, -0.1) is 0 Å². The number of hydrogen-bond acceptors (Lipinski definition) is 6. The fourth-order valence-corrected chi connectivity index (χ4v) is 3.48. The van der Waals surface area contributed by atoms with Crippen molar-refractivity contribution in [2.75, 3.05) is 20.8 Å². The van der Waals surface area contributed by atoms with Crippen molar-refractivity contribution in [2.45, 2.75) is 18.9 Å². The van der Waals surface area contributed by atoms with Crippen molar-refractivity contribution in [3.8, 4) is 22.9 Å². The van der Waals surface area contributed by atoms with Gasteiger partial charge in [-0.3, -0.25) is 4.79 Å². The molecular weight excluding hydrogens is 358 g/mol. The lowest BCUT2D eigenvalue weighted by atomic mass is 10.1. The lowest BCUT2D eigenvalue weighted by molar-refractivity contribution is 0.0710. The third-order valence-electron chi connectivity index (χ3n) is 4.90. The number of benzene rings is 2. The van der Waals surface area contributed by atoms with Gasteiger partial charge in [0.05, 0.1) is 14.2 Å². The van der Waals surface area contributed by atoms with Gasteiger partial charge in [0.15, 0.2) is 11.5 Å². The third-order valence-corrected chi connectivity index (χ3v) is 4.90. The molecule has 1 aliphatic rings. The van der Waals surface area contributed by atoms with Crippen molar-refractivity contribution in [2.24, 2.45) is 0 Å². The minimum atomic E-state index is -0.214. The molecule has 0 bridgehead atoms. The van der Waals surface area contributed by atoms with Crippen LogP contribution in [0.3, 0.4) is 0 Å². The first-order chi connectivity index (χ1) is 13.7. The van der Waals surface area contributed by atoms with E-state index in [1.807, 2.05) is 36.4 Å². The SMILES string of the molecule is COc1ccc(-c2noc(C3CCCN3C(=O)c3ccccc3)n2)cc1OC. The predicted octanol–water partition coefficient (Wildman–Crippen LogP) is 3.73. The van der Waals surface area contributed by atoms with Crippen LogP contribution in [0, 0.1) is 0 Å². The van der Waals surface area contributed by atoms with Crippen molar-refractivity contribution in [3.63, 3.8) is 0 Å². The molecule has 2 aromatic carbocycles. The zero-order valence-corrected chi connectivity index (χ0v) is 15.8. The van der Waals surface area contributed by atoms with Gasteiger partial charge in [0, 0.05) is 17.7 Å². The van der Waals surface area contributed by atoms with E-state index in [1.54, 1.807) is 31.3 Å². The fraction of sp³-hybridized carbons (Fsp3) is 0.286. The lowest BCUT2D eigenvalue weighted by Gasteiger charge is -2.21. The quantitative estimate of drug-likeness (QED) is 0.672. The number of hydrogen-bond donors (Lipinski definition) is 0. The van der Waals surface area contributed by atoms with Crippen LogP contribution in [-0.2, 0) is 0 Å². The molecule has 1 saturated heterocycles. The Balaban J connectivity index is 1.59. The second kappa shape index (κ2) is 7.72. The van der Waals surface area contributed by atoms with Crippen molar-refractivity contribution in [3.05, 3.63) is 60.0 Å². The molecule has 2 heterocycles. The van der Waals surface area contributed by atoms with Crippen molar-refractivity contribution >= 4 is 5.91 Å². The maximum absolute atomic E-state index is 12.9. The van der Waals surface area contributed by atoms with Gasteiger partial charge in [-0.1, -0.05) is 23.4 Å². The van der Waals surface area contributed by atoms with Crippen LogP contribution >= 0.6 is 0 Å². The summed E-state index contributed by atoms with van der Waals surface area (Å²) in [7, 11) is 3.16. The minimum absolute atomic E-state index is 0.0195. The van der Waals surface area contributed by atoms with Gasteiger partial charge in [0.1, 0.15) is 6.04 Å². The van der Waals surface area contributed by atoms with E-state index in [9.17, 15) is 4.79 Å². The van der Waals surface area contributed by atoms with Crippen LogP contribution in [0.1, 0.15) is 35.1 Å². The summed E-state index contributed by atoms with van der Waals surface area (Å²) < 4.78 is 16.1. The zero-order valence-electron chi connectivity index (χ0n) is 15.8. The molecular formula is C21H21N3O4. The van der Waals surface area contributed by atoms with Crippen molar-refractivity contribution in [1.82, 2.24) is 15.0 Å². The zero-order chi connectivity index (χ0) is 19.5. The molecule has 1 atom stereocenters. The summed E-state index contributed by atoms with van der Waals surface area (Å²) in [6.07, 6.45) is 1.70. The van der Waals surface area contributed by atoms with E-state index in [2.05, 4.69) is 10.1 Å². The number of aromatic nitrogens is 2. The van der Waals surface area contributed by atoms with Gasteiger partial charge in [-0.2, -0.15) is 4.98 Å². The highest BCUT2D eigenvalue weighted by molar-refractivity contribution is 5.94. The molecule has 28 heavy (non-hydrogen) atoms. The van der Waals surface area contributed by atoms with Crippen LogP contribution in [0.15, 0.2) is 53.1 Å². The van der Waals surface area contributed by atoms with E-state index >= 15 is 0 Å². The van der Waals surface area contributed by atoms with Crippen molar-refractivity contribution < 1.29 is 18.8 Å². The van der Waals surface area contributed by atoms with E-state index in [0.29, 0.717) is 35.3 Å². The topological polar surface area (TPSA) is 77.7 Å². The number of ether oxygens (including phenoxy) is 2. The summed E-state index contributed by atoms with van der Waals surface area (Å²) in [5.74, 6) is 2.11. The van der Waals surface area contributed by atoms with Crippen LogP contribution in [0.5, 0.6) is 11.5 Å². The van der Waals surface area contributed by atoms with Gasteiger partial charge in [-0.05, 0) is 43.2 Å². The number of methoxy groups -OCH3 is 2. The standard InChI is InChI=1S/C21H21N3O4/c1-26-17-11-10-15(13-18(17)27-2)19-22-20(28-23-19)16-9-6-12-24(16)21(25)14-7-4-3-5-8-14/h3-5,7-8,10-11,13,16H,6,9,12H2,1-2H3. The number of rotatable bonds is 5. The highest BCUT2D eigenvalue weighted by Gasteiger charge is 2.34. The third kappa shape index (κ3) is 3.31. The summed E-state index contributed by atoms with van der Waals surface area (Å²) in [5.41, 5.74) is 1.42. The van der Waals surface area contributed by atoms with E-state index in [0.717, 1.165) is 18.4 Å². The maximum atomic E-state index is 12.9. The molecule has 0 saturated carbocycles. The molecule has 7 nitrogen and oxygen atoms in total. The molecule has 4 rings (SSSR count). The average Bonchev–Trinajstić information content (AvgIpc) is 3.42. The Labute approximate surface area is 162 Å². The first-order valence-corrected chi connectivity index (χ1v) is 9.13. The normalized spacial score (nSPS) is 16.2. The molecule has 0 aliphatic carbocycles. The van der Waals surface area contributed by atoms with Gasteiger partial charge in [0.2, 0.25) is 11.7 Å². The predicted molar refractivity (Wildman–Crippen MR) is 102 cm³/mol. The molecule has 0 spiro atoms. The summed E-state index contributed by atoms with van der Waals surface area (Å²) in [4.78, 5) is 19.2. The molecule has 1 unspecified atom stereocenters. The number of nitrogens with zero attached hydrogens (tertiary/aromatic N) is 3. The largest absolute Gasteiger partial charge is 0.493 e. The first kappa shape index (κ1) is 18.0. The van der Waals surface area contributed by atoms with E-state index in [4.69, 9.17) is 14.0 Å². The van der Waals surface area contributed by atoms with Crippen molar-refractivity contribution in [1.29, 1.82) is 0 Å². The van der Waals surface area contributed by atoms with Crippen LogP contribution in [0.4, 0.5) is 0 Å². The average molecular weight is 379 g/mol. The van der Waals surface area contributed by atoms with E-state index in [1.165, 1.54) is 0 Å². The molecule has 1 aliphatic heterocycles. The van der Waals surface area contributed by atoms with Gasteiger partial charge in [-0.25, -0.2) is 0 Å². The fourth-order valence-electron chi connectivity index (χ4n) is 3.48. The molecule has 1 fully saturated rings. The molecule has 1 amide bonds. The monoisotopic (exact) mass is 379 g/mol. The summed E-state index contributed by atoms with van der Waals surface area (Å²) >= 11 is 0. The molecule has 7 heteroatoms. The Morgan fingerprint density at radius 2 is 1.89 bits per heavy atom.